The van der Waals surface area contributed by atoms with Gasteiger partial charge in [-0.15, -0.1) is 11.3 Å². The number of hydrogen-bond acceptors (Lipinski definition) is 3. The van der Waals surface area contributed by atoms with E-state index in [2.05, 4.69) is 23.4 Å². The van der Waals surface area contributed by atoms with Crippen LogP contribution in [0.5, 0.6) is 0 Å². The van der Waals surface area contributed by atoms with Gasteiger partial charge >= 0.3 is 0 Å². The van der Waals surface area contributed by atoms with Crippen LogP contribution in [0.3, 0.4) is 0 Å². The summed E-state index contributed by atoms with van der Waals surface area (Å²) in [6, 6.07) is 2.27. The number of piperidine rings is 1. The molecule has 3 rings (SSSR count). The van der Waals surface area contributed by atoms with Crippen molar-refractivity contribution < 1.29 is 0 Å². The summed E-state index contributed by atoms with van der Waals surface area (Å²) in [6.45, 7) is 3.46. The van der Waals surface area contributed by atoms with Crippen molar-refractivity contribution in [2.75, 3.05) is 26.7 Å². The molecule has 2 nitrogen and oxygen atoms in total. The van der Waals surface area contributed by atoms with Crippen LogP contribution in [-0.2, 0) is 6.42 Å². The van der Waals surface area contributed by atoms with Crippen molar-refractivity contribution in [2.24, 2.45) is 10.9 Å². The van der Waals surface area contributed by atoms with Gasteiger partial charge in [-0.1, -0.05) is 0 Å². The van der Waals surface area contributed by atoms with Crippen molar-refractivity contribution in [3.05, 3.63) is 21.9 Å². The van der Waals surface area contributed by atoms with Crippen LogP contribution < -0.4 is 0 Å². The Morgan fingerprint density at radius 2 is 2.19 bits per heavy atom. The molecule has 1 fully saturated rings. The van der Waals surface area contributed by atoms with E-state index in [1.807, 2.05) is 11.3 Å². The predicted octanol–water partition coefficient (Wildman–Crippen LogP) is 2.44. The lowest BCUT2D eigenvalue weighted by Gasteiger charge is -2.31. The highest BCUT2D eigenvalue weighted by atomic mass is 32.1. The Morgan fingerprint density at radius 1 is 1.38 bits per heavy atom. The van der Waals surface area contributed by atoms with Gasteiger partial charge in [0.05, 0.1) is 0 Å². The first kappa shape index (κ1) is 10.5. The second-order valence-electron chi connectivity index (χ2n) is 4.85. The van der Waals surface area contributed by atoms with Crippen LogP contribution in [0.1, 0.15) is 23.3 Å². The summed E-state index contributed by atoms with van der Waals surface area (Å²) < 4.78 is 0. The highest BCUT2D eigenvalue weighted by Gasteiger charge is 2.26. The standard InChI is InChI=1S/C13H18N2S/c1-15-7-3-10(4-8-15)13-11-5-9-16-12(11)2-6-14-13/h5,9-10H,2-4,6-8H2,1H3. The molecule has 2 aliphatic heterocycles. The second kappa shape index (κ2) is 4.30. The molecular weight excluding hydrogens is 216 g/mol. The molecule has 0 atom stereocenters. The molecule has 1 aromatic heterocycles. The number of hydrogen-bond donors (Lipinski definition) is 0. The van der Waals surface area contributed by atoms with Crippen molar-refractivity contribution >= 4 is 17.0 Å². The van der Waals surface area contributed by atoms with Gasteiger partial charge in [-0.05, 0) is 44.4 Å². The Kier molecular flexibility index (Phi) is 2.82. The molecule has 0 bridgehead atoms. The maximum atomic E-state index is 4.80. The van der Waals surface area contributed by atoms with E-state index >= 15 is 0 Å². The van der Waals surface area contributed by atoms with E-state index in [1.165, 1.54) is 37.2 Å². The van der Waals surface area contributed by atoms with Crippen molar-refractivity contribution in [1.29, 1.82) is 0 Å². The monoisotopic (exact) mass is 234 g/mol. The van der Waals surface area contributed by atoms with Crippen LogP contribution in [0.2, 0.25) is 0 Å². The summed E-state index contributed by atoms with van der Waals surface area (Å²) in [6.07, 6.45) is 3.72. The van der Waals surface area contributed by atoms with Gasteiger partial charge in [-0.3, -0.25) is 4.99 Å². The summed E-state index contributed by atoms with van der Waals surface area (Å²) in [4.78, 5) is 8.78. The normalized spacial score (nSPS) is 22.9. The lowest BCUT2D eigenvalue weighted by atomic mass is 9.87. The molecule has 2 aliphatic rings. The largest absolute Gasteiger partial charge is 0.306 e. The highest BCUT2D eigenvalue weighted by Crippen LogP contribution is 2.29. The second-order valence-corrected chi connectivity index (χ2v) is 5.85. The fourth-order valence-corrected chi connectivity index (χ4v) is 3.63. The molecule has 0 aliphatic carbocycles. The number of likely N-dealkylation sites (tertiary alicyclic amines) is 1. The van der Waals surface area contributed by atoms with E-state index in [-0.39, 0.29) is 0 Å². The molecule has 3 heteroatoms. The van der Waals surface area contributed by atoms with Gasteiger partial charge in [0.1, 0.15) is 0 Å². The number of fused-ring (bicyclic) bond motifs is 1. The van der Waals surface area contributed by atoms with E-state index < -0.39 is 0 Å². The van der Waals surface area contributed by atoms with Crippen molar-refractivity contribution in [3.63, 3.8) is 0 Å². The zero-order chi connectivity index (χ0) is 11.0. The van der Waals surface area contributed by atoms with E-state index in [1.54, 1.807) is 4.88 Å². The zero-order valence-corrected chi connectivity index (χ0v) is 10.6. The first-order valence-electron chi connectivity index (χ1n) is 6.14. The van der Waals surface area contributed by atoms with E-state index in [0.717, 1.165) is 13.0 Å². The van der Waals surface area contributed by atoms with E-state index in [4.69, 9.17) is 4.99 Å². The minimum atomic E-state index is 0.713. The average molecular weight is 234 g/mol. The molecule has 0 saturated carbocycles. The minimum absolute atomic E-state index is 0.713. The fourth-order valence-electron chi connectivity index (χ4n) is 2.76. The number of aliphatic imine (C=N–C) groups is 1. The molecule has 0 amide bonds. The van der Waals surface area contributed by atoms with Gasteiger partial charge in [0, 0.05) is 35.0 Å². The van der Waals surface area contributed by atoms with Crippen molar-refractivity contribution in [2.45, 2.75) is 19.3 Å². The smallest absolute Gasteiger partial charge is 0.0463 e. The van der Waals surface area contributed by atoms with Gasteiger partial charge in [-0.2, -0.15) is 0 Å². The Bertz CT molecular complexity index is 400. The van der Waals surface area contributed by atoms with Gasteiger partial charge in [0.15, 0.2) is 0 Å². The summed E-state index contributed by atoms with van der Waals surface area (Å²) >= 11 is 1.90. The first-order chi connectivity index (χ1) is 7.84. The van der Waals surface area contributed by atoms with Crippen LogP contribution in [0.4, 0.5) is 0 Å². The number of nitrogens with zero attached hydrogens (tertiary/aromatic N) is 2. The van der Waals surface area contributed by atoms with E-state index in [9.17, 15) is 0 Å². The highest BCUT2D eigenvalue weighted by molar-refractivity contribution is 7.10. The van der Waals surface area contributed by atoms with Crippen LogP contribution in [-0.4, -0.2) is 37.3 Å². The zero-order valence-electron chi connectivity index (χ0n) is 9.78. The van der Waals surface area contributed by atoms with Gasteiger partial charge in [0.2, 0.25) is 0 Å². The lowest BCUT2D eigenvalue weighted by Crippen LogP contribution is -2.34. The quantitative estimate of drug-likeness (QED) is 0.728. The van der Waals surface area contributed by atoms with Gasteiger partial charge in [0.25, 0.3) is 0 Å². The van der Waals surface area contributed by atoms with Crippen LogP contribution >= 0.6 is 11.3 Å². The molecule has 0 radical (unpaired) electrons. The van der Waals surface area contributed by atoms with Gasteiger partial charge < -0.3 is 4.90 Å². The van der Waals surface area contributed by atoms with Gasteiger partial charge in [-0.25, -0.2) is 0 Å². The number of thiophene rings is 1. The molecule has 16 heavy (non-hydrogen) atoms. The summed E-state index contributed by atoms with van der Waals surface area (Å²) in [5.41, 5.74) is 2.88. The molecule has 3 heterocycles. The molecule has 0 N–H and O–H groups in total. The summed E-state index contributed by atoms with van der Waals surface area (Å²) in [7, 11) is 2.22. The summed E-state index contributed by atoms with van der Waals surface area (Å²) in [5.74, 6) is 0.713. The molecule has 1 saturated heterocycles. The summed E-state index contributed by atoms with van der Waals surface area (Å²) in [5, 5.41) is 2.22. The molecular formula is C13H18N2S. The SMILES string of the molecule is CN1CCC(C2=NCCc3sccc32)CC1. The Balaban J connectivity index is 1.83. The maximum Gasteiger partial charge on any atom is 0.0463 e. The minimum Gasteiger partial charge on any atom is -0.306 e. The Morgan fingerprint density at radius 3 is 3.00 bits per heavy atom. The molecule has 1 aromatic rings. The number of rotatable bonds is 1. The third-order valence-electron chi connectivity index (χ3n) is 3.75. The molecule has 0 unspecified atom stereocenters. The maximum absolute atomic E-state index is 4.80. The third kappa shape index (κ3) is 1.82. The molecule has 0 aromatic carbocycles. The van der Waals surface area contributed by atoms with Crippen LogP contribution in [0, 0.1) is 5.92 Å². The van der Waals surface area contributed by atoms with Crippen molar-refractivity contribution in [1.82, 2.24) is 4.90 Å². The predicted molar refractivity (Wildman–Crippen MR) is 69.6 cm³/mol. The fraction of sp³-hybridized carbons (Fsp3) is 0.615. The van der Waals surface area contributed by atoms with Crippen LogP contribution in [0.25, 0.3) is 0 Å². The average Bonchev–Trinajstić information content (AvgIpc) is 2.78. The van der Waals surface area contributed by atoms with Crippen molar-refractivity contribution in [3.8, 4) is 0 Å². The first-order valence-corrected chi connectivity index (χ1v) is 7.02. The Hall–Kier alpha value is -0.670. The molecule has 0 spiro atoms. The molecule has 86 valence electrons. The lowest BCUT2D eigenvalue weighted by molar-refractivity contribution is 0.252. The third-order valence-corrected chi connectivity index (χ3v) is 4.73. The Labute approximate surface area is 101 Å². The van der Waals surface area contributed by atoms with Crippen LogP contribution in [0.15, 0.2) is 16.4 Å². The topological polar surface area (TPSA) is 15.6 Å². The van der Waals surface area contributed by atoms with E-state index in [0.29, 0.717) is 5.92 Å².